The Morgan fingerprint density at radius 2 is 1.65 bits per heavy atom. The molecule has 2 aromatic rings. The van der Waals surface area contributed by atoms with Gasteiger partial charge in [0.25, 0.3) is 0 Å². The predicted octanol–water partition coefficient (Wildman–Crippen LogP) is 3.59. The van der Waals surface area contributed by atoms with E-state index in [4.69, 9.17) is 9.47 Å². The fourth-order valence-corrected chi connectivity index (χ4v) is 5.73. The van der Waals surface area contributed by atoms with E-state index in [-0.39, 0.29) is 23.6 Å². The second-order valence-corrected chi connectivity index (χ2v) is 10.3. The van der Waals surface area contributed by atoms with Crippen LogP contribution in [0.1, 0.15) is 37.9 Å². The van der Waals surface area contributed by atoms with Crippen molar-refractivity contribution in [2.75, 3.05) is 18.1 Å². The second kappa shape index (κ2) is 7.19. The molecular weight excluding hydrogens is 432 g/mol. The molecular formula is C27H26N2O5. The third kappa shape index (κ3) is 2.85. The monoisotopic (exact) mass is 458 g/mol. The lowest BCUT2D eigenvalue weighted by molar-refractivity contribution is -0.135. The molecule has 7 nitrogen and oxygen atoms in total. The van der Waals surface area contributed by atoms with Gasteiger partial charge < -0.3 is 14.4 Å². The number of Topliss-reactive ketones (excluding diaryl/α,β-unsaturated/α-hetero) is 1. The van der Waals surface area contributed by atoms with E-state index in [0.717, 1.165) is 11.1 Å². The molecule has 4 aliphatic heterocycles. The van der Waals surface area contributed by atoms with Gasteiger partial charge in [0.2, 0.25) is 11.8 Å². The molecule has 174 valence electrons. The number of ketones is 1. The summed E-state index contributed by atoms with van der Waals surface area (Å²) in [6.07, 6.45) is 3.85. The Morgan fingerprint density at radius 1 is 0.941 bits per heavy atom. The summed E-state index contributed by atoms with van der Waals surface area (Å²) in [6, 6.07) is 11.9. The molecule has 1 unspecified atom stereocenters. The van der Waals surface area contributed by atoms with Crippen LogP contribution in [-0.2, 0) is 14.4 Å². The van der Waals surface area contributed by atoms with Crippen LogP contribution in [0.3, 0.4) is 0 Å². The minimum Gasteiger partial charge on any atom is -0.486 e. The molecule has 4 heterocycles. The van der Waals surface area contributed by atoms with Gasteiger partial charge in [-0.05, 0) is 29.3 Å². The van der Waals surface area contributed by atoms with Crippen LogP contribution in [-0.4, -0.2) is 41.8 Å². The Hall–Kier alpha value is -3.61. The predicted molar refractivity (Wildman–Crippen MR) is 125 cm³/mol. The summed E-state index contributed by atoms with van der Waals surface area (Å²) >= 11 is 0. The fourth-order valence-electron chi connectivity index (χ4n) is 5.73. The number of fused-ring (bicyclic) bond motifs is 6. The molecule has 4 atom stereocenters. The first kappa shape index (κ1) is 21.0. The highest BCUT2D eigenvalue weighted by atomic mass is 16.6. The number of ether oxygens (including phenoxy) is 2. The van der Waals surface area contributed by atoms with E-state index in [0.29, 0.717) is 30.4 Å². The lowest BCUT2D eigenvalue weighted by atomic mass is 9.79. The Morgan fingerprint density at radius 3 is 2.41 bits per heavy atom. The van der Waals surface area contributed by atoms with Gasteiger partial charge in [-0.15, -0.1) is 0 Å². The van der Waals surface area contributed by atoms with Crippen molar-refractivity contribution in [3.05, 3.63) is 59.8 Å². The summed E-state index contributed by atoms with van der Waals surface area (Å²) in [4.78, 5) is 44.7. The number of benzene rings is 2. The number of anilines is 1. The average Bonchev–Trinajstić information content (AvgIpc) is 3.30. The van der Waals surface area contributed by atoms with Gasteiger partial charge in [0.05, 0.1) is 23.6 Å². The van der Waals surface area contributed by atoms with E-state index < -0.39 is 23.3 Å². The Bertz CT molecular complexity index is 1260. The first-order valence-electron chi connectivity index (χ1n) is 11.6. The molecule has 2 amide bonds. The van der Waals surface area contributed by atoms with Crippen LogP contribution in [0.2, 0.25) is 0 Å². The van der Waals surface area contributed by atoms with E-state index in [9.17, 15) is 14.4 Å². The molecule has 0 spiro atoms. The number of hydrogen-bond acceptors (Lipinski definition) is 6. The molecule has 2 saturated heterocycles. The van der Waals surface area contributed by atoms with Crippen molar-refractivity contribution in [1.82, 2.24) is 4.90 Å². The number of imide groups is 1. The van der Waals surface area contributed by atoms with E-state index >= 15 is 0 Å². The highest BCUT2D eigenvalue weighted by Crippen LogP contribution is 2.54. The summed E-state index contributed by atoms with van der Waals surface area (Å²) in [6.45, 7) is 6.45. The van der Waals surface area contributed by atoms with Gasteiger partial charge in [-0.25, -0.2) is 4.90 Å². The third-order valence-corrected chi connectivity index (χ3v) is 7.25. The number of hydrogen-bond donors (Lipinski definition) is 0. The van der Waals surface area contributed by atoms with Crippen LogP contribution in [0.15, 0.2) is 48.7 Å². The Kier molecular flexibility index (Phi) is 4.43. The van der Waals surface area contributed by atoms with Gasteiger partial charge in [0.1, 0.15) is 19.3 Å². The lowest BCUT2D eigenvalue weighted by Gasteiger charge is -2.37. The van der Waals surface area contributed by atoms with E-state index in [1.165, 1.54) is 4.90 Å². The van der Waals surface area contributed by atoms with Crippen molar-refractivity contribution >= 4 is 29.4 Å². The van der Waals surface area contributed by atoms with Crippen LogP contribution in [0.25, 0.3) is 6.08 Å². The van der Waals surface area contributed by atoms with Gasteiger partial charge in [-0.2, -0.15) is 0 Å². The highest BCUT2D eigenvalue weighted by Gasteiger charge is 2.65. The van der Waals surface area contributed by atoms with Gasteiger partial charge >= 0.3 is 0 Å². The van der Waals surface area contributed by atoms with Crippen LogP contribution >= 0.6 is 0 Å². The van der Waals surface area contributed by atoms with Crippen LogP contribution in [0, 0.1) is 17.3 Å². The molecule has 34 heavy (non-hydrogen) atoms. The van der Waals surface area contributed by atoms with Crippen LogP contribution < -0.4 is 14.4 Å². The van der Waals surface area contributed by atoms with Gasteiger partial charge in [-0.1, -0.05) is 45.0 Å². The summed E-state index contributed by atoms with van der Waals surface area (Å²) < 4.78 is 11.3. The normalized spacial score (nSPS) is 26.9. The standard InChI is InChI=1S/C27H26N2O5/c1-27(2,3)24(30)23-21-20(22-17-7-5-4-6-15(17)10-11-28(22)23)25(31)29(26(21)32)16-8-9-18-19(14-16)34-13-12-33-18/h4-11,14,20-23H,12-13H2,1-3H3/t20-,21+,22?,23-/m0/s1. The number of rotatable bonds is 2. The first-order chi connectivity index (χ1) is 16.3. The number of carbonyl (C=O) groups is 3. The zero-order valence-electron chi connectivity index (χ0n) is 19.4. The van der Waals surface area contributed by atoms with Crippen molar-refractivity contribution in [3.63, 3.8) is 0 Å². The molecule has 7 heteroatoms. The highest BCUT2D eigenvalue weighted by molar-refractivity contribution is 6.24. The van der Waals surface area contributed by atoms with Crippen molar-refractivity contribution < 1.29 is 23.9 Å². The van der Waals surface area contributed by atoms with Gasteiger partial charge in [-0.3, -0.25) is 14.4 Å². The van der Waals surface area contributed by atoms with Gasteiger partial charge in [0.15, 0.2) is 17.3 Å². The largest absolute Gasteiger partial charge is 0.486 e. The molecule has 0 aromatic heterocycles. The van der Waals surface area contributed by atoms with E-state index in [2.05, 4.69) is 0 Å². The Labute approximate surface area is 197 Å². The van der Waals surface area contributed by atoms with Crippen molar-refractivity contribution in [1.29, 1.82) is 0 Å². The van der Waals surface area contributed by atoms with Crippen molar-refractivity contribution in [2.24, 2.45) is 17.3 Å². The summed E-state index contributed by atoms with van der Waals surface area (Å²) in [5.41, 5.74) is 1.75. The minimum absolute atomic E-state index is 0.0424. The number of nitrogens with zero attached hydrogens (tertiary/aromatic N) is 2. The fraction of sp³-hybridized carbons (Fsp3) is 0.370. The smallest absolute Gasteiger partial charge is 0.240 e. The molecule has 0 bridgehead atoms. The maximum atomic E-state index is 13.9. The van der Waals surface area contributed by atoms with Crippen molar-refractivity contribution in [3.8, 4) is 11.5 Å². The van der Waals surface area contributed by atoms with Crippen LogP contribution in [0.4, 0.5) is 5.69 Å². The summed E-state index contributed by atoms with van der Waals surface area (Å²) in [5, 5.41) is 0. The molecule has 6 rings (SSSR count). The third-order valence-electron chi connectivity index (χ3n) is 7.25. The van der Waals surface area contributed by atoms with E-state index in [1.807, 2.05) is 62.2 Å². The topological polar surface area (TPSA) is 76.1 Å². The molecule has 2 aromatic carbocycles. The lowest BCUT2D eigenvalue weighted by Crippen LogP contribution is -2.47. The average molecular weight is 459 g/mol. The second-order valence-electron chi connectivity index (χ2n) is 10.3. The number of amides is 2. The molecule has 0 N–H and O–H groups in total. The zero-order chi connectivity index (χ0) is 23.8. The van der Waals surface area contributed by atoms with Gasteiger partial charge in [0, 0.05) is 17.7 Å². The molecule has 0 saturated carbocycles. The van der Waals surface area contributed by atoms with Crippen LogP contribution in [0.5, 0.6) is 11.5 Å². The minimum atomic E-state index is -0.756. The maximum Gasteiger partial charge on any atom is 0.240 e. The molecule has 0 aliphatic carbocycles. The summed E-state index contributed by atoms with van der Waals surface area (Å²) in [5.74, 6) is -0.968. The number of carbonyl (C=O) groups excluding carboxylic acids is 3. The first-order valence-corrected chi connectivity index (χ1v) is 11.6. The summed E-state index contributed by atoms with van der Waals surface area (Å²) in [7, 11) is 0. The molecule has 2 fully saturated rings. The SMILES string of the molecule is CC(C)(C)C(=O)[C@@H]1[C@@H]2C(=O)N(c3ccc4c(c3)OCCO4)C(=O)[C@@H]2C2c3ccccc3C=CN21. The molecule has 4 aliphatic rings. The van der Waals surface area contributed by atoms with Crippen molar-refractivity contribution in [2.45, 2.75) is 32.9 Å². The van der Waals surface area contributed by atoms with E-state index in [1.54, 1.807) is 18.2 Å². The Balaban J connectivity index is 1.47. The maximum absolute atomic E-state index is 13.9. The zero-order valence-corrected chi connectivity index (χ0v) is 19.4. The molecule has 0 radical (unpaired) electrons. The quantitative estimate of drug-likeness (QED) is 0.641.